The number of rotatable bonds is 6. The molecule has 0 aromatic rings. The summed E-state index contributed by atoms with van der Waals surface area (Å²) in [5.41, 5.74) is -0.104. The summed E-state index contributed by atoms with van der Waals surface area (Å²) in [6.45, 7) is 7.11. The lowest BCUT2D eigenvalue weighted by Crippen LogP contribution is -2.36. The lowest BCUT2D eigenvalue weighted by atomic mass is 9.69. The highest BCUT2D eigenvalue weighted by atomic mass is 16.4. The first-order valence-corrected chi connectivity index (χ1v) is 7.71. The SMILES string of the molecule is CC(C)(C)CCNC(=O)CC1(CC(=O)O)CCCCC1. The number of carbonyl (C=O) groups is 2. The molecule has 0 spiro atoms. The topological polar surface area (TPSA) is 66.4 Å². The molecular weight excluding hydrogens is 254 g/mol. The quantitative estimate of drug-likeness (QED) is 0.785. The van der Waals surface area contributed by atoms with Gasteiger partial charge in [-0.25, -0.2) is 0 Å². The van der Waals surface area contributed by atoms with Crippen LogP contribution in [0.5, 0.6) is 0 Å². The van der Waals surface area contributed by atoms with Crippen molar-refractivity contribution >= 4 is 11.9 Å². The van der Waals surface area contributed by atoms with Gasteiger partial charge >= 0.3 is 5.97 Å². The van der Waals surface area contributed by atoms with E-state index < -0.39 is 5.97 Å². The fourth-order valence-electron chi connectivity index (χ4n) is 3.02. The zero-order chi connectivity index (χ0) is 15.2. The second-order valence-corrected chi connectivity index (χ2v) is 7.47. The minimum absolute atomic E-state index is 0.0115. The van der Waals surface area contributed by atoms with E-state index in [0.717, 1.165) is 38.5 Å². The van der Waals surface area contributed by atoms with Crippen molar-refractivity contribution in [3.05, 3.63) is 0 Å². The Bertz CT molecular complexity index is 338. The molecule has 0 saturated heterocycles. The van der Waals surface area contributed by atoms with Gasteiger partial charge in [0.15, 0.2) is 0 Å². The summed E-state index contributed by atoms with van der Waals surface area (Å²) in [5, 5.41) is 12.0. The number of carboxylic acid groups (broad SMARTS) is 1. The molecule has 1 aliphatic carbocycles. The largest absolute Gasteiger partial charge is 0.481 e. The predicted molar refractivity (Wildman–Crippen MR) is 79.5 cm³/mol. The molecule has 0 aromatic carbocycles. The number of aliphatic carboxylic acids is 1. The maximum atomic E-state index is 12.1. The van der Waals surface area contributed by atoms with Crippen molar-refractivity contribution in [1.82, 2.24) is 5.32 Å². The molecule has 0 radical (unpaired) electrons. The van der Waals surface area contributed by atoms with Crippen LogP contribution in [0.15, 0.2) is 0 Å². The maximum absolute atomic E-state index is 12.1. The summed E-state index contributed by atoms with van der Waals surface area (Å²) in [4.78, 5) is 23.1. The van der Waals surface area contributed by atoms with Crippen molar-refractivity contribution in [3.63, 3.8) is 0 Å². The smallest absolute Gasteiger partial charge is 0.303 e. The molecule has 0 aliphatic heterocycles. The number of hydrogen-bond acceptors (Lipinski definition) is 2. The molecule has 1 amide bonds. The second kappa shape index (κ2) is 7.09. The van der Waals surface area contributed by atoms with Crippen molar-refractivity contribution in [2.75, 3.05) is 6.54 Å². The van der Waals surface area contributed by atoms with Crippen LogP contribution in [0.1, 0.15) is 72.1 Å². The lowest BCUT2D eigenvalue weighted by molar-refractivity contribution is -0.141. The Labute approximate surface area is 122 Å². The van der Waals surface area contributed by atoms with Gasteiger partial charge in [-0.05, 0) is 30.1 Å². The predicted octanol–water partition coefficient (Wildman–Crippen LogP) is 3.35. The van der Waals surface area contributed by atoms with Crippen LogP contribution >= 0.6 is 0 Å². The molecule has 0 bridgehead atoms. The van der Waals surface area contributed by atoms with E-state index in [0.29, 0.717) is 13.0 Å². The first kappa shape index (κ1) is 17.0. The van der Waals surface area contributed by atoms with Gasteiger partial charge < -0.3 is 10.4 Å². The minimum Gasteiger partial charge on any atom is -0.481 e. The maximum Gasteiger partial charge on any atom is 0.303 e. The van der Waals surface area contributed by atoms with E-state index in [-0.39, 0.29) is 23.2 Å². The third-order valence-electron chi connectivity index (χ3n) is 4.17. The molecular formula is C16H29NO3. The highest BCUT2D eigenvalue weighted by Gasteiger charge is 2.36. The molecule has 0 atom stereocenters. The molecule has 0 unspecified atom stereocenters. The first-order chi connectivity index (χ1) is 9.22. The zero-order valence-electron chi connectivity index (χ0n) is 13.1. The lowest BCUT2D eigenvalue weighted by Gasteiger charge is -2.35. The van der Waals surface area contributed by atoms with Crippen LogP contribution in [0.4, 0.5) is 0 Å². The molecule has 0 heterocycles. The number of nitrogens with one attached hydrogen (secondary N) is 1. The van der Waals surface area contributed by atoms with E-state index in [1.54, 1.807) is 0 Å². The van der Waals surface area contributed by atoms with Gasteiger partial charge in [0.2, 0.25) is 5.91 Å². The Balaban J connectivity index is 2.48. The van der Waals surface area contributed by atoms with Crippen LogP contribution in [0.25, 0.3) is 0 Å². The Kier molecular flexibility index (Phi) is 6.03. The molecule has 1 rings (SSSR count). The van der Waals surface area contributed by atoms with Crippen molar-refractivity contribution < 1.29 is 14.7 Å². The van der Waals surface area contributed by atoms with Gasteiger partial charge in [0.05, 0.1) is 6.42 Å². The summed E-state index contributed by atoms with van der Waals surface area (Å²) in [6, 6.07) is 0. The van der Waals surface area contributed by atoms with Crippen LogP contribution in [0, 0.1) is 10.8 Å². The van der Waals surface area contributed by atoms with Crippen molar-refractivity contribution in [3.8, 4) is 0 Å². The number of amides is 1. The van der Waals surface area contributed by atoms with E-state index in [4.69, 9.17) is 5.11 Å². The van der Waals surface area contributed by atoms with Gasteiger partial charge in [-0.2, -0.15) is 0 Å². The van der Waals surface area contributed by atoms with Gasteiger partial charge in [0.1, 0.15) is 0 Å². The molecule has 1 fully saturated rings. The number of carboxylic acids is 1. The van der Waals surface area contributed by atoms with Gasteiger partial charge in [-0.3, -0.25) is 9.59 Å². The molecule has 4 heteroatoms. The van der Waals surface area contributed by atoms with Crippen LogP contribution in [0.2, 0.25) is 0 Å². The first-order valence-electron chi connectivity index (χ1n) is 7.71. The Morgan fingerprint density at radius 1 is 1.10 bits per heavy atom. The summed E-state index contributed by atoms with van der Waals surface area (Å²) >= 11 is 0. The second-order valence-electron chi connectivity index (χ2n) is 7.47. The molecule has 1 saturated carbocycles. The van der Waals surface area contributed by atoms with Crippen molar-refractivity contribution in [2.45, 2.75) is 72.1 Å². The van der Waals surface area contributed by atoms with Crippen molar-refractivity contribution in [2.24, 2.45) is 10.8 Å². The molecule has 20 heavy (non-hydrogen) atoms. The van der Waals surface area contributed by atoms with E-state index in [1.807, 2.05) is 0 Å². The monoisotopic (exact) mass is 283 g/mol. The molecule has 0 aromatic heterocycles. The Morgan fingerprint density at radius 3 is 2.20 bits per heavy atom. The molecule has 1 aliphatic rings. The summed E-state index contributed by atoms with van der Waals surface area (Å²) in [7, 11) is 0. The molecule has 116 valence electrons. The van der Waals surface area contributed by atoms with E-state index >= 15 is 0 Å². The van der Waals surface area contributed by atoms with Crippen LogP contribution in [0.3, 0.4) is 0 Å². The van der Waals surface area contributed by atoms with E-state index in [9.17, 15) is 9.59 Å². The highest BCUT2D eigenvalue weighted by Crippen LogP contribution is 2.42. The number of carbonyl (C=O) groups excluding carboxylic acids is 1. The fraction of sp³-hybridized carbons (Fsp3) is 0.875. The van der Waals surface area contributed by atoms with E-state index in [1.165, 1.54) is 0 Å². The standard InChI is InChI=1S/C16H29NO3/c1-15(2,3)9-10-17-13(18)11-16(12-14(19)20)7-5-4-6-8-16/h4-12H2,1-3H3,(H,17,18)(H,19,20). The number of hydrogen-bond donors (Lipinski definition) is 2. The third kappa shape index (κ3) is 6.40. The fourth-order valence-corrected chi connectivity index (χ4v) is 3.02. The van der Waals surface area contributed by atoms with Gasteiger partial charge in [0, 0.05) is 13.0 Å². The van der Waals surface area contributed by atoms with Crippen LogP contribution in [-0.4, -0.2) is 23.5 Å². The van der Waals surface area contributed by atoms with Gasteiger partial charge in [-0.15, -0.1) is 0 Å². The normalized spacial score (nSPS) is 18.6. The Morgan fingerprint density at radius 2 is 1.70 bits per heavy atom. The average molecular weight is 283 g/mol. The molecule has 2 N–H and O–H groups in total. The Hall–Kier alpha value is -1.06. The zero-order valence-corrected chi connectivity index (χ0v) is 13.1. The minimum atomic E-state index is -0.783. The third-order valence-corrected chi connectivity index (χ3v) is 4.17. The van der Waals surface area contributed by atoms with Crippen LogP contribution < -0.4 is 5.32 Å². The van der Waals surface area contributed by atoms with Crippen LogP contribution in [-0.2, 0) is 9.59 Å². The summed E-state index contributed by atoms with van der Waals surface area (Å²) in [5.74, 6) is -0.771. The summed E-state index contributed by atoms with van der Waals surface area (Å²) in [6.07, 6.45) is 6.41. The average Bonchev–Trinajstić information content (AvgIpc) is 2.26. The summed E-state index contributed by atoms with van der Waals surface area (Å²) < 4.78 is 0. The molecule has 4 nitrogen and oxygen atoms in total. The highest BCUT2D eigenvalue weighted by molar-refractivity contribution is 5.78. The van der Waals surface area contributed by atoms with Gasteiger partial charge in [-0.1, -0.05) is 40.0 Å². The van der Waals surface area contributed by atoms with Gasteiger partial charge in [0.25, 0.3) is 0 Å². The van der Waals surface area contributed by atoms with Crippen molar-refractivity contribution in [1.29, 1.82) is 0 Å². The van der Waals surface area contributed by atoms with E-state index in [2.05, 4.69) is 26.1 Å².